The number of hydrogen-bond donors (Lipinski definition) is 1. The second-order valence-electron chi connectivity index (χ2n) is 5.85. The van der Waals surface area contributed by atoms with Crippen LogP contribution >= 0.6 is 11.6 Å². The van der Waals surface area contributed by atoms with Gasteiger partial charge in [-0.25, -0.2) is 8.42 Å². The maximum atomic E-state index is 13.1. The summed E-state index contributed by atoms with van der Waals surface area (Å²) >= 11 is 6.09. The summed E-state index contributed by atoms with van der Waals surface area (Å²) in [5.74, 6) is -0.358. The fourth-order valence-electron chi connectivity index (χ4n) is 2.68. The molecule has 134 valence electrons. The number of carbonyl (C=O) groups excluding carboxylic acids is 1. The lowest BCUT2D eigenvalue weighted by Gasteiger charge is -2.33. The van der Waals surface area contributed by atoms with Crippen molar-refractivity contribution in [2.24, 2.45) is 0 Å². The predicted octanol–water partition coefficient (Wildman–Crippen LogP) is 1.03. The zero-order valence-corrected chi connectivity index (χ0v) is 15.7. The summed E-state index contributed by atoms with van der Waals surface area (Å²) in [4.78, 5) is 13.6. The van der Waals surface area contributed by atoms with E-state index in [-0.39, 0.29) is 33.2 Å². The number of piperazine rings is 1. The second-order valence-corrected chi connectivity index (χ2v) is 8.15. The Hall–Kier alpha value is -1.35. The summed E-state index contributed by atoms with van der Waals surface area (Å²) in [7, 11) is 0.655. The first-order valence-electron chi connectivity index (χ1n) is 7.52. The Bertz CT molecular complexity index is 736. The summed E-state index contributed by atoms with van der Waals surface area (Å²) in [6, 6.07) is 2.54. The van der Waals surface area contributed by atoms with Gasteiger partial charge in [0.05, 0.1) is 12.7 Å². The summed E-state index contributed by atoms with van der Waals surface area (Å²) in [5.41, 5.74) is 0.122. The molecule has 1 aromatic rings. The molecule has 1 N–H and O–H groups in total. The molecule has 0 aliphatic carbocycles. The van der Waals surface area contributed by atoms with E-state index in [0.717, 1.165) is 0 Å². The lowest BCUT2D eigenvalue weighted by molar-refractivity contribution is 0.0823. The molecule has 1 heterocycles. The molecule has 7 nitrogen and oxygen atoms in total. The fourth-order valence-corrected chi connectivity index (χ4v) is 4.80. The summed E-state index contributed by atoms with van der Waals surface area (Å²) in [6.45, 7) is 3.30. The van der Waals surface area contributed by atoms with Crippen molar-refractivity contribution in [2.45, 2.75) is 17.9 Å². The Balaban J connectivity index is 2.62. The fraction of sp³-hybridized carbons (Fsp3) is 0.533. The van der Waals surface area contributed by atoms with Gasteiger partial charge in [0.15, 0.2) is 5.75 Å². The first kappa shape index (κ1) is 19.0. The maximum Gasteiger partial charge on any atom is 0.257 e. The van der Waals surface area contributed by atoms with Crippen LogP contribution in [0.3, 0.4) is 0 Å². The Morgan fingerprint density at radius 3 is 2.62 bits per heavy atom. The average Bonchev–Trinajstić information content (AvgIpc) is 2.53. The third-order valence-corrected chi connectivity index (χ3v) is 6.12. The molecule has 1 aliphatic rings. The molecule has 1 amide bonds. The lowest BCUT2D eigenvalue weighted by atomic mass is 10.2. The van der Waals surface area contributed by atoms with E-state index in [2.05, 4.69) is 5.32 Å². The van der Waals surface area contributed by atoms with Crippen LogP contribution in [0.4, 0.5) is 0 Å². The van der Waals surface area contributed by atoms with Gasteiger partial charge in [0.1, 0.15) is 4.90 Å². The SMILES string of the molecule is COc1c(C(=O)N(C)C)cc(Cl)cc1S(=O)(=O)N1CCNCC1C. The Morgan fingerprint density at radius 2 is 2.08 bits per heavy atom. The number of methoxy groups -OCH3 is 1. The summed E-state index contributed by atoms with van der Waals surface area (Å²) in [6.07, 6.45) is 0. The molecule has 0 radical (unpaired) electrons. The number of halogens is 1. The number of rotatable bonds is 4. The highest BCUT2D eigenvalue weighted by Gasteiger charge is 2.35. The van der Waals surface area contributed by atoms with Crippen molar-refractivity contribution >= 4 is 27.5 Å². The minimum atomic E-state index is -3.85. The Labute approximate surface area is 147 Å². The van der Waals surface area contributed by atoms with Crippen molar-refractivity contribution in [2.75, 3.05) is 40.8 Å². The summed E-state index contributed by atoms with van der Waals surface area (Å²) < 4.78 is 32.9. The van der Waals surface area contributed by atoms with E-state index >= 15 is 0 Å². The minimum Gasteiger partial charge on any atom is -0.494 e. The zero-order chi connectivity index (χ0) is 18.1. The monoisotopic (exact) mass is 375 g/mol. The van der Waals surface area contributed by atoms with E-state index in [0.29, 0.717) is 19.6 Å². The molecule has 1 unspecified atom stereocenters. The molecule has 2 rings (SSSR count). The van der Waals surface area contributed by atoms with Crippen LogP contribution in [0, 0.1) is 0 Å². The standard InChI is InChI=1S/C15H22ClN3O4S/c1-10-9-17-5-6-19(10)24(21,22)13-8-11(16)7-12(14(13)23-4)15(20)18(2)3/h7-8,10,17H,5-6,9H2,1-4H3. The van der Waals surface area contributed by atoms with Gasteiger partial charge < -0.3 is 15.0 Å². The van der Waals surface area contributed by atoms with Gasteiger partial charge in [0.25, 0.3) is 5.91 Å². The molecule has 0 saturated carbocycles. The van der Waals surface area contributed by atoms with E-state index in [1.54, 1.807) is 14.1 Å². The smallest absolute Gasteiger partial charge is 0.257 e. The van der Waals surface area contributed by atoms with E-state index in [1.165, 1.54) is 28.4 Å². The number of ether oxygens (including phenoxy) is 1. The van der Waals surface area contributed by atoms with Crippen molar-refractivity contribution in [3.63, 3.8) is 0 Å². The molecule has 1 atom stereocenters. The second kappa shape index (κ2) is 7.26. The van der Waals surface area contributed by atoms with Crippen molar-refractivity contribution in [1.82, 2.24) is 14.5 Å². The topological polar surface area (TPSA) is 79.0 Å². The van der Waals surface area contributed by atoms with Crippen molar-refractivity contribution in [1.29, 1.82) is 0 Å². The van der Waals surface area contributed by atoms with E-state index < -0.39 is 10.0 Å². The number of nitrogens with one attached hydrogen (secondary N) is 1. The maximum absolute atomic E-state index is 13.1. The molecule has 24 heavy (non-hydrogen) atoms. The highest BCUT2D eigenvalue weighted by Crippen LogP contribution is 2.35. The number of carbonyl (C=O) groups is 1. The molecule has 1 saturated heterocycles. The average molecular weight is 376 g/mol. The van der Waals surface area contributed by atoms with E-state index in [4.69, 9.17) is 16.3 Å². The Kier molecular flexibility index (Phi) is 5.74. The number of amides is 1. The van der Waals surface area contributed by atoms with Crippen LogP contribution in [0.25, 0.3) is 0 Å². The van der Waals surface area contributed by atoms with Crippen molar-refractivity contribution < 1.29 is 17.9 Å². The minimum absolute atomic E-state index is 0.0174. The van der Waals surface area contributed by atoms with Crippen LogP contribution in [-0.2, 0) is 10.0 Å². The molecule has 9 heteroatoms. The van der Waals surface area contributed by atoms with Crippen LogP contribution in [0.2, 0.25) is 5.02 Å². The van der Waals surface area contributed by atoms with Crippen molar-refractivity contribution in [3.05, 3.63) is 22.7 Å². The van der Waals surface area contributed by atoms with Gasteiger partial charge >= 0.3 is 0 Å². The van der Waals surface area contributed by atoms with Crippen LogP contribution in [-0.4, -0.2) is 70.4 Å². The van der Waals surface area contributed by atoms with Crippen LogP contribution < -0.4 is 10.1 Å². The molecule has 1 aliphatic heterocycles. The largest absolute Gasteiger partial charge is 0.494 e. The molecule has 1 aromatic carbocycles. The molecule has 0 spiro atoms. The first-order chi connectivity index (χ1) is 11.2. The number of sulfonamides is 1. The van der Waals surface area contributed by atoms with Crippen LogP contribution in [0.1, 0.15) is 17.3 Å². The van der Waals surface area contributed by atoms with Gasteiger partial charge in [-0.05, 0) is 19.1 Å². The van der Waals surface area contributed by atoms with Gasteiger partial charge in [-0.1, -0.05) is 11.6 Å². The third kappa shape index (κ3) is 3.51. The third-order valence-electron chi connectivity index (χ3n) is 3.89. The molecule has 0 bridgehead atoms. The molecular weight excluding hydrogens is 354 g/mol. The highest BCUT2D eigenvalue weighted by atomic mass is 35.5. The lowest BCUT2D eigenvalue weighted by Crippen LogP contribution is -2.52. The summed E-state index contributed by atoms with van der Waals surface area (Å²) in [5, 5.41) is 3.32. The molecule has 0 aromatic heterocycles. The van der Waals surface area contributed by atoms with Gasteiger partial charge in [0, 0.05) is 44.8 Å². The molecule has 1 fully saturated rings. The van der Waals surface area contributed by atoms with Gasteiger partial charge in [-0.15, -0.1) is 0 Å². The number of nitrogens with zero attached hydrogens (tertiary/aromatic N) is 2. The van der Waals surface area contributed by atoms with E-state index in [9.17, 15) is 13.2 Å². The quantitative estimate of drug-likeness (QED) is 0.850. The number of benzene rings is 1. The van der Waals surface area contributed by atoms with Gasteiger partial charge in [-0.3, -0.25) is 4.79 Å². The Morgan fingerprint density at radius 1 is 1.42 bits per heavy atom. The normalized spacial score (nSPS) is 19.1. The first-order valence-corrected chi connectivity index (χ1v) is 9.33. The van der Waals surface area contributed by atoms with Crippen molar-refractivity contribution in [3.8, 4) is 5.75 Å². The predicted molar refractivity (Wildman–Crippen MR) is 92.2 cm³/mol. The molecular formula is C15H22ClN3O4S. The van der Waals surface area contributed by atoms with Crippen LogP contribution in [0.15, 0.2) is 17.0 Å². The van der Waals surface area contributed by atoms with Gasteiger partial charge in [-0.2, -0.15) is 4.31 Å². The van der Waals surface area contributed by atoms with E-state index in [1.807, 2.05) is 6.92 Å². The van der Waals surface area contributed by atoms with Gasteiger partial charge in [0.2, 0.25) is 10.0 Å². The van der Waals surface area contributed by atoms with Crippen LogP contribution in [0.5, 0.6) is 5.75 Å². The zero-order valence-electron chi connectivity index (χ0n) is 14.2. The highest BCUT2D eigenvalue weighted by molar-refractivity contribution is 7.89. The number of hydrogen-bond acceptors (Lipinski definition) is 5.